The zero-order chi connectivity index (χ0) is 13.5. The zero-order valence-electron chi connectivity index (χ0n) is 9.30. The molecule has 0 radical (unpaired) electrons. The first-order chi connectivity index (χ1) is 8.36. The molecular weight excluding hydrogens is 255 g/mol. The van der Waals surface area contributed by atoms with Crippen LogP contribution in [0.2, 0.25) is 0 Å². The zero-order valence-corrected chi connectivity index (χ0v) is 9.30. The van der Waals surface area contributed by atoms with E-state index in [1.807, 2.05) is 0 Å². The predicted molar refractivity (Wildman–Crippen MR) is 55.5 cm³/mol. The molecule has 0 atom stereocenters. The Bertz CT molecular complexity index is 456. The van der Waals surface area contributed by atoms with E-state index in [1.165, 1.54) is 0 Å². The van der Waals surface area contributed by atoms with Crippen molar-refractivity contribution in [2.75, 3.05) is 11.9 Å². The van der Waals surface area contributed by atoms with Crippen LogP contribution in [0.4, 0.5) is 27.6 Å². The number of rotatable bonds is 3. The molecule has 1 aromatic carbocycles. The van der Waals surface area contributed by atoms with Crippen molar-refractivity contribution < 1.29 is 22.0 Å². The van der Waals surface area contributed by atoms with Gasteiger partial charge in [-0.05, 0) is 19.3 Å². The largest absolute Gasteiger partial charge is 0.378 e. The molecule has 1 aliphatic rings. The number of nitrogens with two attached hydrogens (primary N) is 1. The smallest absolute Gasteiger partial charge is 0.200 e. The standard InChI is InChI=1S/C11H11F5N2/c12-5-6(13)8(15)10(9(16)7(5)14)18-4-11(17)2-1-3-11/h18H,1-4,17H2. The van der Waals surface area contributed by atoms with Crippen LogP contribution in [-0.2, 0) is 0 Å². The second kappa shape index (κ2) is 4.38. The highest BCUT2D eigenvalue weighted by Gasteiger charge is 2.33. The third kappa shape index (κ3) is 2.03. The minimum Gasteiger partial charge on any atom is -0.378 e. The molecule has 0 saturated heterocycles. The highest BCUT2D eigenvalue weighted by Crippen LogP contribution is 2.31. The van der Waals surface area contributed by atoms with Crippen LogP contribution in [0, 0.1) is 29.1 Å². The molecule has 1 aliphatic carbocycles. The van der Waals surface area contributed by atoms with Crippen LogP contribution in [0.1, 0.15) is 19.3 Å². The van der Waals surface area contributed by atoms with Crippen molar-refractivity contribution in [2.24, 2.45) is 5.73 Å². The van der Waals surface area contributed by atoms with E-state index >= 15 is 0 Å². The van der Waals surface area contributed by atoms with Crippen LogP contribution >= 0.6 is 0 Å². The quantitative estimate of drug-likeness (QED) is 0.501. The molecule has 3 N–H and O–H groups in total. The van der Waals surface area contributed by atoms with Gasteiger partial charge in [0.25, 0.3) is 0 Å². The molecule has 2 nitrogen and oxygen atoms in total. The lowest BCUT2D eigenvalue weighted by atomic mass is 9.78. The van der Waals surface area contributed by atoms with Gasteiger partial charge in [0.2, 0.25) is 5.82 Å². The molecule has 7 heteroatoms. The maximum absolute atomic E-state index is 13.3. The number of nitrogens with one attached hydrogen (secondary N) is 1. The Morgan fingerprint density at radius 2 is 1.33 bits per heavy atom. The molecule has 0 amide bonds. The van der Waals surface area contributed by atoms with Gasteiger partial charge >= 0.3 is 0 Å². The lowest BCUT2D eigenvalue weighted by molar-refractivity contribution is 0.264. The van der Waals surface area contributed by atoms with Gasteiger partial charge in [-0.2, -0.15) is 0 Å². The highest BCUT2D eigenvalue weighted by atomic mass is 19.2. The number of hydrogen-bond donors (Lipinski definition) is 2. The average molecular weight is 266 g/mol. The maximum atomic E-state index is 13.3. The minimum atomic E-state index is -2.17. The van der Waals surface area contributed by atoms with E-state index in [2.05, 4.69) is 5.32 Å². The Morgan fingerprint density at radius 3 is 1.72 bits per heavy atom. The van der Waals surface area contributed by atoms with Crippen LogP contribution in [0.5, 0.6) is 0 Å². The van der Waals surface area contributed by atoms with E-state index in [-0.39, 0.29) is 6.54 Å². The lowest BCUT2D eigenvalue weighted by Gasteiger charge is -2.38. The van der Waals surface area contributed by atoms with Crippen molar-refractivity contribution in [1.29, 1.82) is 0 Å². The summed E-state index contributed by atoms with van der Waals surface area (Å²) in [5.41, 5.74) is 4.12. The first-order valence-corrected chi connectivity index (χ1v) is 5.40. The fourth-order valence-electron chi connectivity index (χ4n) is 1.83. The van der Waals surface area contributed by atoms with Crippen molar-refractivity contribution in [3.8, 4) is 0 Å². The Balaban J connectivity index is 2.27. The Hall–Kier alpha value is -1.37. The first-order valence-electron chi connectivity index (χ1n) is 5.40. The molecule has 0 aliphatic heterocycles. The molecule has 1 aromatic rings. The van der Waals surface area contributed by atoms with Gasteiger partial charge in [0.1, 0.15) is 5.69 Å². The van der Waals surface area contributed by atoms with Crippen LogP contribution in [0.3, 0.4) is 0 Å². The molecule has 0 unspecified atom stereocenters. The van der Waals surface area contributed by atoms with Gasteiger partial charge in [-0.15, -0.1) is 0 Å². The van der Waals surface area contributed by atoms with E-state index < -0.39 is 40.3 Å². The molecule has 1 saturated carbocycles. The summed E-state index contributed by atoms with van der Waals surface area (Å²) < 4.78 is 65.1. The summed E-state index contributed by atoms with van der Waals surface area (Å²) in [6.07, 6.45) is 2.18. The van der Waals surface area contributed by atoms with Gasteiger partial charge in [0.05, 0.1) is 0 Å². The molecule has 0 heterocycles. The Labute approximate surface area is 100.0 Å². The van der Waals surface area contributed by atoms with Crippen molar-refractivity contribution in [1.82, 2.24) is 0 Å². The van der Waals surface area contributed by atoms with E-state index in [4.69, 9.17) is 5.73 Å². The number of hydrogen-bond acceptors (Lipinski definition) is 2. The first kappa shape index (κ1) is 13.1. The number of benzene rings is 1. The Morgan fingerprint density at radius 1 is 0.889 bits per heavy atom. The predicted octanol–water partition coefficient (Wildman–Crippen LogP) is 2.68. The molecule has 0 spiro atoms. The van der Waals surface area contributed by atoms with E-state index in [0.29, 0.717) is 12.8 Å². The van der Waals surface area contributed by atoms with E-state index in [1.54, 1.807) is 0 Å². The molecule has 100 valence electrons. The summed E-state index contributed by atoms with van der Waals surface area (Å²) in [5.74, 6) is -9.82. The second-order valence-corrected chi connectivity index (χ2v) is 4.51. The molecule has 2 rings (SSSR count). The fraction of sp³-hybridized carbons (Fsp3) is 0.455. The lowest BCUT2D eigenvalue weighted by Crippen LogP contribution is -2.52. The molecular formula is C11H11F5N2. The maximum Gasteiger partial charge on any atom is 0.200 e. The van der Waals surface area contributed by atoms with Gasteiger partial charge in [0, 0.05) is 12.1 Å². The van der Waals surface area contributed by atoms with Crippen molar-refractivity contribution in [3.63, 3.8) is 0 Å². The summed E-state index contributed by atoms with van der Waals surface area (Å²) in [6, 6.07) is 0. The summed E-state index contributed by atoms with van der Waals surface area (Å²) >= 11 is 0. The van der Waals surface area contributed by atoms with Crippen LogP contribution in [-0.4, -0.2) is 12.1 Å². The van der Waals surface area contributed by atoms with Crippen LogP contribution < -0.4 is 11.1 Å². The van der Waals surface area contributed by atoms with Crippen LogP contribution in [0.15, 0.2) is 0 Å². The topological polar surface area (TPSA) is 38.0 Å². The molecule has 0 bridgehead atoms. The van der Waals surface area contributed by atoms with Gasteiger partial charge in [0.15, 0.2) is 23.3 Å². The minimum absolute atomic E-state index is 0.0364. The Kier molecular flexibility index (Phi) is 3.18. The highest BCUT2D eigenvalue weighted by molar-refractivity contribution is 5.48. The SMILES string of the molecule is NC1(CNc2c(F)c(F)c(F)c(F)c2F)CCC1. The second-order valence-electron chi connectivity index (χ2n) is 4.51. The van der Waals surface area contributed by atoms with E-state index in [9.17, 15) is 22.0 Å². The van der Waals surface area contributed by atoms with Crippen molar-refractivity contribution in [2.45, 2.75) is 24.8 Å². The monoisotopic (exact) mass is 266 g/mol. The van der Waals surface area contributed by atoms with Gasteiger partial charge in [-0.1, -0.05) is 0 Å². The molecule has 18 heavy (non-hydrogen) atoms. The summed E-state index contributed by atoms with van der Waals surface area (Å²) in [6.45, 7) is -0.0364. The summed E-state index contributed by atoms with van der Waals surface area (Å²) in [4.78, 5) is 0. The fourth-order valence-corrected chi connectivity index (χ4v) is 1.83. The summed E-state index contributed by atoms with van der Waals surface area (Å²) in [7, 11) is 0. The third-order valence-corrected chi connectivity index (χ3v) is 3.18. The number of anilines is 1. The van der Waals surface area contributed by atoms with Gasteiger partial charge in [-0.3, -0.25) is 0 Å². The number of halogens is 5. The van der Waals surface area contributed by atoms with Crippen molar-refractivity contribution >= 4 is 5.69 Å². The average Bonchev–Trinajstić information content (AvgIpc) is 2.31. The van der Waals surface area contributed by atoms with Gasteiger partial charge in [-0.25, -0.2) is 22.0 Å². The molecule has 1 fully saturated rings. The van der Waals surface area contributed by atoms with Crippen LogP contribution in [0.25, 0.3) is 0 Å². The van der Waals surface area contributed by atoms with Crippen molar-refractivity contribution in [3.05, 3.63) is 29.1 Å². The molecule has 0 aromatic heterocycles. The third-order valence-electron chi connectivity index (χ3n) is 3.18. The summed E-state index contributed by atoms with van der Waals surface area (Å²) in [5, 5.41) is 2.21. The normalized spacial score (nSPS) is 17.4. The van der Waals surface area contributed by atoms with Gasteiger partial charge < -0.3 is 11.1 Å². The van der Waals surface area contributed by atoms with E-state index in [0.717, 1.165) is 6.42 Å².